The van der Waals surface area contributed by atoms with E-state index >= 15 is 0 Å². The number of ether oxygens (including phenoxy) is 1. The third-order valence-corrected chi connectivity index (χ3v) is 8.26. The predicted molar refractivity (Wildman–Crippen MR) is 133 cm³/mol. The lowest BCUT2D eigenvalue weighted by molar-refractivity contribution is -0.142. The average Bonchev–Trinajstić information content (AvgIpc) is 3.10. The zero-order valence-corrected chi connectivity index (χ0v) is 21.7. The number of hydrogen-bond donors (Lipinski definition) is 2. The number of halogens is 1. The molecule has 1 heterocycles. The van der Waals surface area contributed by atoms with Gasteiger partial charge < -0.3 is 14.9 Å². The van der Waals surface area contributed by atoms with Crippen molar-refractivity contribution in [2.24, 2.45) is 17.8 Å². The van der Waals surface area contributed by atoms with E-state index in [0.29, 0.717) is 15.6 Å². The quantitative estimate of drug-likeness (QED) is 0.313. The molecule has 1 fully saturated rings. The number of benzene rings is 1. The molecule has 10 heteroatoms. The molecule has 37 heavy (non-hydrogen) atoms. The smallest absolute Gasteiger partial charge is 0.305 e. The van der Waals surface area contributed by atoms with Crippen molar-refractivity contribution in [3.63, 3.8) is 0 Å². The van der Waals surface area contributed by atoms with Crippen molar-refractivity contribution in [3.8, 4) is 11.5 Å². The summed E-state index contributed by atoms with van der Waals surface area (Å²) in [4.78, 5) is 65.3. The summed E-state index contributed by atoms with van der Waals surface area (Å²) < 4.78 is 5.91. The van der Waals surface area contributed by atoms with Crippen LogP contribution in [0.5, 0.6) is 11.5 Å². The summed E-state index contributed by atoms with van der Waals surface area (Å²) in [5.41, 5.74) is 1.86. The number of phenols is 1. The highest BCUT2D eigenvalue weighted by molar-refractivity contribution is 9.10. The monoisotopic (exact) mass is 569 g/mol. The molecule has 4 aliphatic rings. The van der Waals surface area contributed by atoms with E-state index in [0.717, 1.165) is 4.90 Å². The first kappa shape index (κ1) is 25.1. The van der Waals surface area contributed by atoms with E-state index < -0.39 is 41.5 Å². The highest BCUT2D eigenvalue weighted by Crippen LogP contribution is 2.57. The molecule has 2 amide bonds. The fourth-order valence-electron chi connectivity index (χ4n) is 6.20. The number of imide groups is 1. The Morgan fingerprint density at radius 3 is 2.57 bits per heavy atom. The Morgan fingerprint density at radius 2 is 1.89 bits per heavy atom. The highest BCUT2D eigenvalue weighted by Gasteiger charge is 2.56. The molecular formula is C27H24BrNO8. The number of allylic oxidation sites excluding steroid dienone is 6. The van der Waals surface area contributed by atoms with Gasteiger partial charge in [-0.3, -0.25) is 28.9 Å². The largest absolute Gasteiger partial charge is 0.504 e. The minimum absolute atomic E-state index is 0.103. The third kappa shape index (κ3) is 3.85. The van der Waals surface area contributed by atoms with E-state index in [1.165, 1.54) is 13.2 Å². The minimum atomic E-state index is -1.12. The second-order valence-electron chi connectivity index (χ2n) is 9.75. The summed E-state index contributed by atoms with van der Waals surface area (Å²) in [7, 11) is 1.40. The Morgan fingerprint density at radius 1 is 1.16 bits per heavy atom. The molecule has 2 N–H and O–H groups in total. The number of phenolic OH excluding ortho intramolecular Hbond substituents is 1. The fraction of sp³-hybridized carbons (Fsp3) is 0.370. The topological polar surface area (TPSA) is 138 Å². The number of hydrogen-bond acceptors (Lipinski definition) is 7. The minimum Gasteiger partial charge on any atom is -0.504 e. The van der Waals surface area contributed by atoms with E-state index in [-0.39, 0.29) is 65.6 Å². The van der Waals surface area contributed by atoms with E-state index in [4.69, 9.17) is 9.84 Å². The van der Waals surface area contributed by atoms with E-state index in [2.05, 4.69) is 15.9 Å². The number of rotatable bonds is 5. The number of aliphatic carboxylic acids is 1. The number of amides is 2. The van der Waals surface area contributed by atoms with Crippen LogP contribution in [0.1, 0.15) is 37.7 Å². The molecule has 1 aromatic carbocycles. The number of fused-ring (bicyclic) bond motifs is 3. The Kier molecular flexibility index (Phi) is 6.18. The van der Waals surface area contributed by atoms with Crippen LogP contribution in [0.15, 0.2) is 51.0 Å². The van der Waals surface area contributed by atoms with Gasteiger partial charge in [-0.05, 0) is 43.9 Å². The number of carbonyl (C=O) groups excluding carboxylic acids is 4. The molecule has 3 aliphatic carbocycles. The number of nitrogens with zero attached hydrogens (tertiary/aromatic N) is 1. The lowest BCUT2D eigenvalue weighted by Gasteiger charge is -2.42. The molecular weight excluding hydrogens is 546 g/mol. The first-order valence-electron chi connectivity index (χ1n) is 11.9. The predicted octanol–water partition coefficient (Wildman–Crippen LogP) is 3.07. The van der Waals surface area contributed by atoms with Crippen LogP contribution in [-0.4, -0.2) is 58.1 Å². The van der Waals surface area contributed by atoms with Gasteiger partial charge in [0.2, 0.25) is 11.8 Å². The molecule has 0 radical (unpaired) electrons. The zero-order chi connectivity index (χ0) is 26.8. The molecule has 0 bridgehead atoms. The van der Waals surface area contributed by atoms with E-state index in [9.17, 15) is 29.1 Å². The molecule has 192 valence electrons. The van der Waals surface area contributed by atoms with Crippen LogP contribution in [0, 0.1) is 17.8 Å². The van der Waals surface area contributed by atoms with Crippen LogP contribution in [0.25, 0.3) is 0 Å². The van der Waals surface area contributed by atoms with Crippen LogP contribution in [0.4, 0.5) is 0 Å². The highest BCUT2D eigenvalue weighted by atomic mass is 79.9. The second kappa shape index (κ2) is 9.09. The number of aromatic hydroxyl groups is 1. The Balaban J connectivity index is 1.67. The van der Waals surface area contributed by atoms with Gasteiger partial charge in [0, 0.05) is 39.2 Å². The van der Waals surface area contributed by atoms with Crippen molar-refractivity contribution in [2.45, 2.75) is 32.1 Å². The maximum absolute atomic E-state index is 13.5. The zero-order valence-electron chi connectivity index (χ0n) is 20.1. The van der Waals surface area contributed by atoms with Crippen molar-refractivity contribution in [1.82, 2.24) is 4.90 Å². The number of likely N-dealkylation sites (tertiary alicyclic amines) is 1. The number of carboxylic acid groups (broad SMARTS) is 1. The molecule has 0 aromatic heterocycles. The van der Waals surface area contributed by atoms with Crippen molar-refractivity contribution in [1.29, 1.82) is 0 Å². The molecule has 5 rings (SSSR count). The SMILES string of the molecule is COc1cc(Br)cc([C@H]2C3=CC[C@@H]4C(=O)N(CCC(=O)O)C(=O)[C@@H]4[C@@H]3CC3=C2C(=O)C=C(C)C3=O)c1O. The van der Waals surface area contributed by atoms with Gasteiger partial charge in [0.15, 0.2) is 23.1 Å². The number of ketones is 2. The van der Waals surface area contributed by atoms with Gasteiger partial charge in [0.25, 0.3) is 0 Å². The van der Waals surface area contributed by atoms with Gasteiger partial charge in [-0.2, -0.15) is 0 Å². The van der Waals surface area contributed by atoms with E-state index in [1.807, 2.05) is 6.08 Å². The van der Waals surface area contributed by atoms with Gasteiger partial charge >= 0.3 is 5.97 Å². The van der Waals surface area contributed by atoms with Gasteiger partial charge in [-0.15, -0.1) is 0 Å². The normalized spacial score (nSPS) is 26.9. The van der Waals surface area contributed by atoms with Crippen molar-refractivity contribution in [3.05, 3.63) is 56.6 Å². The summed E-state index contributed by atoms with van der Waals surface area (Å²) in [6.45, 7) is 1.34. The number of carboxylic acids is 1. The lowest BCUT2D eigenvalue weighted by Crippen LogP contribution is -2.40. The number of carbonyl (C=O) groups is 5. The van der Waals surface area contributed by atoms with Crippen LogP contribution in [0.3, 0.4) is 0 Å². The summed E-state index contributed by atoms with van der Waals surface area (Å²) >= 11 is 3.42. The van der Waals surface area contributed by atoms with E-state index in [1.54, 1.807) is 19.1 Å². The molecule has 4 atom stereocenters. The van der Waals surface area contributed by atoms with Crippen LogP contribution >= 0.6 is 15.9 Å². The van der Waals surface area contributed by atoms with Crippen LogP contribution < -0.4 is 4.74 Å². The van der Waals surface area contributed by atoms with Crippen molar-refractivity contribution in [2.75, 3.05) is 13.7 Å². The maximum Gasteiger partial charge on any atom is 0.305 e. The van der Waals surface area contributed by atoms with Gasteiger partial charge in [0.1, 0.15) is 0 Å². The van der Waals surface area contributed by atoms with Gasteiger partial charge in [-0.1, -0.05) is 27.6 Å². The number of Topliss-reactive ketones (excluding diaryl/α,β-unsaturated/α-hetero) is 1. The van der Waals surface area contributed by atoms with Crippen LogP contribution in [-0.2, 0) is 24.0 Å². The van der Waals surface area contributed by atoms with Crippen molar-refractivity contribution >= 4 is 45.3 Å². The third-order valence-electron chi connectivity index (χ3n) is 7.80. The molecule has 0 saturated carbocycles. The summed E-state index contributed by atoms with van der Waals surface area (Å²) in [6, 6.07) is 3.24. The van der Waals surface area contributed by atoms with Crippen LogP contribution in [0.2, 0.25) is 0 Å². The molecule has 9 nitrogen and oxygen atoms in total. The molecule has 1 saturated heterocycles. The molecule has 0 unspecified atom stereocenters. The summed E-state index contributed by atoms with van der Waals surface area (Å²) in [5, 5.41) is 20.2. The molecule has 0 spiro atoms. The Bertz CT molecular complexity index is 1390. The average molecular weight is 570 g/mol. The maximum atomic E-state index is 13.5. The summed E-state index contributed by atoms with van der Waals surface area (Å²) in [6.07, 6.45) is 3.11. The first-order valence-corrected chi connectivity index (χ1v) is 12.7. The standard InChI is InChI=1S/C27H24BrNO8/c1-11-7-18(30)23-17(24(11)33)10-15-13(21(23)16-8-12(28)9-19(37-2)25(16)34)3-4-14-22(15)27(36)29(26(14)35)6-5-20(31)32/h3,7-9,14-15,21-22,34H,4-6,10H2,1-2H3,(H,31,32)/t14-,15+,21+,22-/m0/s1. The Labute approximate surface area is 220 Å². The van der Waals surface area contributed by atoms with Gasteiger partial charge in [0.05, 0.1) is 25.4 Å². The molecule has 1 aliphatic heterocycles. The first-order chi connectivity index (χ1) is 17.5. The molecule has 1 aromatic rings. The van der Waals surface area contributed by atoms with Gasteiger partial charge in [-0.25, -0.2) is 0 Å². The number of methoxy groups -OCH3 is 1. The fourth-order valence-corrected chi connectivity index (χ4v) is 6.66. The Hall–Kier alpha value is -3.53. The van der Waals surface area contributed by atoms with Crippen molar-refractivity contribution < 1.29 is 38.9 Å². The summed E-state index contributed by atoms with van der Waals surface area (Å²) in [5.74, 6) is -5.50. The second-order valence-corrected chi connectivity index (χ2v) is 10.7. The lowest BCUT2D eigenvalue weighted by atomic mass is 9.59.